The van der Waals surface area contributed by atoms with Crippen molar-refractivity contribution in [2.45, 2.75) is 39.7 Å². The molecule has 1 aromatic carbocycles. The summed E-state index contributed by atoms with van der Waals surface area (Å²) in [4.78, 5) is 0. The van der Waals surface area contributed by atoms with Crippen molar-refractivity contribution >= 4 is 0 Å². The molecule has 1 rings (SSSR count). The lowest BCUT2D eigenvalue weighted by molar-refractivity contribution is 0.422. The Kier molecular flexibility index (Phi) is 3.33. The van der Waals surface area contributed by atoms with Gasteiger partial charge in [0.05, 0.1) is 0 Å². The van der Waals surface area contributed by atoms with Crippen LogP contribution >= 0.6 is 0 Å². The van der Waals surface area contributed by atoms with Crippen molar-refractivity contribution in [1.82, 2.24) is 5.32 Å². The zero-order valence-electron chi connectivity index (χ0n) is 9.94. The highest BCUT2D eigenvalue weighted by Gasteiger charge is 2.15. The van der Waals surface area contributed by atoms with Crippen molar-refractivity contribution in [3.05, 3.63) is 34.9 Å². The molecule has 0 aliphatic heterocycles. The van der Waals surface area contributed by atoms with Crippen molar-refractivity contribution in [3.63, 3.8) is 0 Å². The first-order valence-corrected chi connectivity index (χ1v) is 5.19. The van der Waals surface area contributed by atoms with Crippen LogP contribution in [0.2, 0.25) is 0 Å². The number of nitrogens with one attached hydrogen (secondary N) is 1. The van der Waals surface area contributed by atoms with Gasteiger partial charge in [0.2, 0.25) is 0 Å². The molecule has 0 atom stereocenters. The van der Waals surface area contributed by atoms with E-state index in [1.54, 1.807) is 0 Å². The zero-order chi connectivity index (χ0) is 10.8. The summed E-state index contributed by atoms with van der Waals surface area (Å²) < 4.78 is 0. The van der Waals surface area contributed by atoms with Gasteiger partial charge in [0, 0.05) is 5.54 Å². The predicted molar refractivity (Wildman–Crippen MR) is 62.8 cm³/mol. The predicted octanol–water partition coefficient (Wildman–Crippen LogP) is 2.84. The Morgan fingerprint density at radius 2 is 1.57 bits per heavy atom. The molecule has 0 radical (unpaired) electrons. The number of hydrogen-bond acceptors (Lipinski definition) is 1. The van der Waals surface area contributed by atoms with E-state index in [9.17, 15) is 0 Å². The second-order valence-electron chi connectivity index (χ2n) is 4.81. The molecule has 0 bridgehead atoms. The molecule has 0 fully saturated rings. The molecule has 0 heterocycles. The van der Waals surface area contributed by atoms with Crippen molar-refractivity contribution in [2.75, 3.05) is 7.05 Å². The Bertz CT molecular complexity index is 293. The molecule has 0 amide bonds. The topological polar surface area (TPSA) is 12.0 Å². The summed E-state index contributed by atoms with van der Waals surface area (Å²) in [5.41, 5.74) is 4.31. The van der Waals surface area contributed by atoms with Crippen LogP contribution < -0.4 is 5.32 Å². The van der Waals surface area contributed by atoms with Gasteiger partial charge in [0.15, 0.2) is 0 Å². The normalized spacial score (nSPS) is 11.8. The van der Waals surface area contributed by atoms with Crippen LogP contribution in [0.15, 0.2) is 18.2 Å². The Morgan fingerprint density at radius 3 is 2.00 bits per heavy atom. The van der Waals surface area contributed by atoms with Gasteiger partial charge in [0.25, 0.3) is 0 Å². The Balaban J connectivity index is 2.87. The first kappa shape index (κ1) is 11.3. The van der Waals surface area contributed by atoms with E-state index in [0.29, 0.717) is 0 Å². The van der Waals surface area contributed by atoms with Gasteiger partial charge < -0.3 is 5.32 Å². The maximum atomic E-state index is 3.33. The van der Waals surface area contributed by atoms with Crippen LogP contribution in [0, 0.1) is 13.8 Å². The summed E-state index contributed by atoms with van der Waals surface area (Å²) in [7, 11) is 2.02. The molecule has 0 aliphatic carbocycles. The summed E-state index contributed by atoms with van der Waals surface area (Å²) in [6, 6.07) is 6.76. The molecule has 0 aliphatic rings. The molecule has 0 unspecified atom stereocenters. The summed E-state index contributed by atoms with van der Waals surface area (Å²) in [6.07, 6.45) is 1.08. The van der Waals surface area contributed by atoms with Gasteiger partial charge in [-0.2, -0.15) is 0 Å². The van der Waals surface area contributed by atoms with E-state index in [1.165, 1.54) is 16.7 Å². The standard InChI is InChI=1S/C13H21N/c1-10-6-11(2)8-12(7-10)9-13(3,4)14-5/h6-8,14H,9H2,1-5H3. The van der Waals surface area contributed by atoms with Crippen molar-refractivity contribution < 1.29 is 0 Å². The van der Waals surface area contributed by atoms with E-state index in [0.717, 1.165) is 6.42 Å². The third kappa shape index (κ3) is 3.15. The number of hydrogen-bond donors (Lipinski definition) is 1. The number of aryl methyl sites for hydroxylation is 2. The highest BCUT2D eigenvalue weighted by Crippen LogP contribution is 2.15. The third-order valence-electron chi connectivity index (χ3n) is 2.60. The van der Waals surface area contributed by atoms with Crippen molar-refractivity contribution in [1.29, 1.82) is 0 Å². The molecule has 0 aromatic heterocycles. The molecule has 14 heavy (non-hydrogen) atoms. The number of likely N-dealkylation sites (N-methyl/N-ethyl adjacent to an activating group) is 1. The largest absolute Gasteiger partial charge is 0.314 e. The molecular weight excluding hydrogens is 170 g/mol. The summed E-state index contributed by atoms with van der Waals surface area (Å²) >= 11 is 0. The summed E-state index contributed by atoms with van der Waals surface area (Å²) in [5.74, 6) is 0. The SMILES string of the molecule is CNC(C)(C)Cc1cc(C)cc(C)c1. The van der Waals surface area contributed by atoms with Gasteiger partial charge in [-0.25, -0.2) is 0 Å². The van der Waals surface area contributed by atoms with Crippen LogP contribution in [0.5, 0.6) is 0 Å². The average molecular weight is 191 g/mol. The third-order valence-corrected chi connectivity index (χ3v) is 2.60. The Hall–Kier alpha value is -0.820. The fraction of sp³-hybridized carbons (Fsp3) is 0.538. The molecule has 1 heteroatoms. The lowest BCUT2D eigenvalue weighted by Crippen LogP contribution is -2.38. The van der Waals surface area contributed by atoms with Gasteiger partial charge in [-0.3, -0.25) is 0 Å². The highest BCUT2D eigenvalue weighted by atomic mass is 14.9. The molecular formula is C13H21N. The van der Waals surface area contributed by atoms with Gasteiger partial charge in [-0.15, -0.1) is 0 Å². The van der Waals surface area contributed by atoms with Crippen LogP contribution in [0.3, 0.4) is 0 Å². The quantitative estimate of drug-likeness (QED) is 0.774. The minimum absolute atomic E-state index is 0.181. The lowest BCUT2D eigenvalue weighted by Gasteiger charge is -2.24. The van der Waals surface area contributed by atoms with Crippen molar-refractivity contribution in [2.24, 2.45) is 0 Å². The monoisotopic (exact) mass is 191 g/mol. The van der Waals surface area contributed by atoms with Crippen LogP contribution in [-0.2, 0) is 6.42 Å². The van der Waals surface area contributed by atoms with E-state index >= 15 is 0 Å². The second kappa shape index (κ2) is 4.14. The van der Waals surface area contributed by atoms with E-state index in [2.05, 4.69) is 51.2 Å². The lowest BCUT2D eigenvalue weighted by atomic mass is 9.93. The van der Waals surface area contributed by atoms with Crippen LogP contribution in [0.1, 0.15) is 30.5 Å². The second-order valence-corrected chi connectivity index (χ2v) is 4.81. The number of rotatable bonds is 3. The highest BCUT2D eigenvalue weighted by molar-refractivity contribution is 5.29. The molecule has 0 saturated carbocycles. The van der Waals surface area contributed by atoms with Gasteiger partial charge >= 0.3 is 0 Å². The minimum Gasteiger partial charge on any atom is -0.314 e. The van der Waals surface area contributed by atoms with E-state index in [-0.39, 0.29) is 5.54 Å². The maximum absolute atomic E-state index is 3.33. The molecule has 1 aromatic rings. The summed E-state index contributed by atoms with van der Waals surface area (Å²) in [5, 5.41) is 3.33. The van der Waals surface area contributed by atoms with Crippen LogP contribution in [0.4, 0.5) is 0 Å². The zero-order valence-corrected chi connectivity index (χ0v) is 9.94. The van der Waals surface area contributed by atoms with E-state index in [1.807, 2.05) is 7.05 Å². The van der Waals surface area contributed by atoms with Gasteiger partial charge in [-0.1, -0.05) is 29.3 Å². The Morgan fingerprint density at radius 1 is 1.07 bits per heavy atom. The number of benzene rings is 1. The molecule has 1 nitrogen and oxygen atoms in total. The maximum Gasteiger partial charge on any atom is 0.0162 e. The molecule has 0 spiro atoms. The van der Waals surface area contributed by atoms with Crippen molar-refractivity contribution in [3.8, 4) is 0 Å². The smallest absolute Gasteiger partial charge is 0.0162 e. The van der Waals surface area contributed by atoms with Gasteiger partial charge in [0.1, 0.15) is 0 Å². The fourth-order valence-electron chi connectivity index (χ4n) is 1.77. The fourth-order valence-corrected chi connectivity index (χ4v) is 1.77. The first-order valence-electron chi connectivity index (χ1n) is 5.19. The van der Waals surface area contributed by atoms with Gasteiger partial charge in [-0.05, 0) is 46.7 Å². The molecule has 1 N–H and O–H groups in total. The van der Waals surface area contributed by atoms with Crippen LogP contribution in [-0.4, -0.2) is 12.6 Å². The van der Waals surface area contributed by atoms with Crippen LogP contribution in [0.25, 0.3) is 0 Å². The first-order chi connectivity index (χ1) is 6.43. The molecule has 0 saturated heterocycles. The summed E-state index contributed by atoms with van der Waals surface area (Å²) in [6.45, 7) is 8.76. The average Bonchev–Trinajstić information content (AvgIpc) is 2.01. The molecule has 78 valence electrons. The van der Waals surface area contributed by atoms with E-state index in [4.69, 9.17) is 0 Å². The minimum atomic E-state index is 0.181. The van der Waals surface area contributed by atoms with E-state index < -0.39 is 0 Å². The Labute approximate surface area is 87.5 Å².